The number of rotatable bonds is 7. The Morgan fingerprint density at radius 1 is 0.871 bits per heavy atom. The van der Waals surface area contributed by atoms with Gasteiger partial charge in [0.1, 0.15) is 5.75 Å². The minimum absolute atomic E-state index is 0.501. The summed E-state index contributed by atoms with van der Waals surface area (Å²) in [5.41, 5.74) is 4.81. The first-order valence-electron chi connectivity index (χ1n) is 9.72. The summed E-state index contributed by atoms with van der Waals surface area (Å²) in [6, 6.07) is 17.7. The molecule has 0 bridgehead atoms. The maximum Gasteiger partial charge on any atom is 0.227 e. The molecule has 0 saturated carbocycles. The summed E-state index contributed by atoms with van der Waals surface area (Å²) in [4.78, 5) is 9.01. The Balaban J connectivity index is 1.61. The minimum Gasteiger partial charge on any atom is -0.497 e. The van der Waals surface area contributed by atoms with Crippen molar-refractivity contribution in [1.82, 2.24) is 9.97 Å². The van der Waals surface area contributed by atoms with Gasteiger partial charge >= 0.3 is 0 Å². The first kappa shape index (κ1) is 20.2. The molecule has 0 saturated heterocycles. The Morgan fingerprint density at radius 2 is 1.61 bits per heavy atom. The van der Waals surface area contributed by atoms with E-state index in [0.717, 1.165) is 39.0 Å². The third-order valence-corrected chi connectivity index (χ3v) is 5.02. The summed E-state index contributed by atoms with van der Waals surface area (Å²) in [5, 5.41) is 4.12. The van der Waals surface area contributed by atoms with E-state index >= 15 is 0 Å². The number of hydrogen-bond donors (Lipinski definition) is 1. The Kier molecular flexibility index (Phi) is 5.71. The van der Waals surface area contributed by atoms with Crippen molar-refractivity contribution in [3.05, 3.63) is 72.9 Å². The summed E-state index contributed by atoms with van der Waals surface area (Å²) in [5.74, 6) is 2.58. The van der Waals surface area contributed by atoms with E-state index in [1.165, 1.54) is 0 Å². The quantitative estimate of drug-likeness (QED) is 0.419. The van der Waals surface area contributed by atoms with Crippen molar-refractivity contribution in [3.63, 3.8) is 0 Å². The molecule has 1 heterocycles. The molecule has 3 aromatic carbocycles. The van der Waals surface area contributed by atoms with E-state index in [1.54, 1.807) is 27.5 Å². The Morgan fingerprint density at radius 3 is 2.29 bits per heavy atom. The van der Waals surface area contributed by atoms with E-state index in [4.69, 9.17) is 14.2 Å². The molecule has 0 amide bonds. The van der Waals surface area contributed by atoms with Crippen LogP contribution in [-0.2, 0) is 0 Å². The van der Waals surface area contributed by atoms with Crippen molar-refractivity contribution in [2.45, 2.75) is 0 Å². The summed E-state index contributed by atoms with van der Waals surface area (Å²) in [6.07, 6.45) is 3.60. The lowest BCUT2D eigenvalue weighted by Gasteiger charge is -2.11. The largest absolute Gasteiger partial charge is 0.497 e. The van der Waals surface area contributed by atoms with Crippen LogP contribution < -0.4 is 19.5 Å². The van der Waals surface area contributed by atoms with E-state index in [1.807, 2.05) is 60.7 Å². The fourth-order valence-corrected chi connectivity index (χ4v) is 3.37. The molecule has 4 rings (SSSR count). The van der Waals surface area contributed by atoms with Gasteiger partial charge in [0.05, 0.1) is 26.8 Å². The highest BCUT2D eigenvalue weighted by Crippen LogP contribution is 2.32. The molecule has 0 aliphatic carbocycles. The Labute approximate surface area is 181 Å². The number of aromatic nitrogens is 2. The van der Waals surface area contributed by atoms with Gasteiger partial charge in [-0.2, -0.15) is 0 Å². The number of anilines is 2. The molecule has 0 spiro atoms. The van der Waals surface area contributed by atoms with E-state index < -0.39 is 0 Å². The molecule has 0 fully saturated rings. The third kappa shape index (κ3) is 4.14. The predicted octanol–water partition coefficient (Wildman–Crippen LogP) is 5.71. The van der Waals surface area contributed by atoms with Gasteiger partial charge in [-0.3, -0.25) is 0 Å². The average molecular weight is 413 g/mol. The lowest BCUT2D eigenvalue weighted by atomic mass is 9.99. The molecule has 6 nitrogen and oxygen atoms in total. The zero-order valence-electron chi connectivity index (χ0n) is 17.7. The zero-order valence-corrected chi connectivity index (χ0v) is 17.7. The second kappa shape index (κ2) is 8.75. The average Bonchev–Trinajstić information content (AvgIpc) is 2.83. The van der Waals surface area contributed by atoms with E-state index in [-0.39, 0.29) is 0 Å². The molecule has 0 unspecified atom stereocenters. The van der Waals surface area contributed by atoms with Crippen molar-refractivity contribution in [1.29, 1.82) is 0 Å². The van der Waals surface area contributed by atoms with Crippen molar-refractivity contribution < 1.29 is 14.2 Å². The predicted molar refractivity (Wildman–Crippen MR) is 124 cm³/mol. The van der Waals surface area contributed by atoms with Crippen LogP contribution in [0.2, 0.25) is 0 Å². The van der Waals surface area contributed by atoms with Crippen LogP contribution in [0.3, 0.4) is 0 Å². The van der Waals surface area contributed by atoms with Gasteiger partial charge in [0.2, 0.25) is 5.95 Å². The first-order valence-corrected chi connectivity index (χ1v) is 9.72. The van der Waals surface area contributed by atoms with Crippen molar-refractivity contribution >= 4 is 28.6 Å². The van der Waals surface area contributed by atoms with Gasteiger partial charge in [-0.1, -0.05) is 30.9 Å². The normalized spacial score (nSPS) is 10.5. The zero-order chi connectivity index (χ0) is 21.8. The number of ether oxygens (including phenoxy) is 3. The van der Waals surface area contributed by atoms with Crippen LogP contribution in [-0.4, -0.2) is 31.3 Å². The van der Waals surface area contributed by atoms with Crippen molar-refractivity contribution in [2.24, 2.45) is 0 Å². The van der Waals surface area contributed by atoms with Crippen molar-refractivity contribution in [3.8, 4) is 28.4 Å². The monoisotopic (exact) mass is 413 g/mol. The molecular formula is C25H23N3O3. The molecule has 1 N–H and O–H groups in total. The number of nitrogens with one attached hydrogen (secondary N) is 1. The smallest absolute Gasteiger partial charge is 0.227 e. The number of methoxy groups -OCH3 is 3. The fourth-order valence-electron chi connectivity index (χ4n) is 3.37. The highest BCUT2D eigenvalue weighted by molar-refractivity contribution is 5.83. The summed E-state index contributed by atoms with van der Waals surface area (Å²) >= 11 is 0. The Bertz CT molecular complexity index is 1240. The lowest BCUT2D eigenvalue weighted by molar-refractivity contribution is 0.356. The fraction of sp³-hybridized carbons (Fsp3) is 0.120. The van der Waals surface area contributed by atoms with Gasteiger partial charge in [0.15, 0.2) is 11.5 Å². The highest BCUT2D eigenvalue weighted by Gasteiger charge is 2.09. The maximum atomic E-state index is 5.37. The third-order valence-electron chi connectivity index (χ3n) is 5.02. The van der Waals surface area contributed by atoms with Crippen molar-refractivity contribution in [2.75, 3.05) is 26.6 Å². The molecule has 0 atom stereocenters. The van der Waals surface area contributed by atoms with Crippen LogP contribution in [0.25, 0.3) is 28.1 Å². The minimum atomic E-state index is 0.501. The molecule has 31 heavy (non-hydrogen) atoms. The molecular weight excluding hydrogens is 390 g/mol. The van der Waals surface area contributed by atoms with Gasteiger partial charge in [-0.25, -0.2) is 9.97 Å². The van der Waals surface area contributed by atoms with E-state index in [2.05, 4.69) is 21.9 Å². The summed E-state index contributed by atoms with van der Waals surface area (Å²) in [7, 11) is 4.87. The summed E-state index contributed by atoms with van der Waals surface area (Å²) < 4.78 is 16.1. The second-order valence-electron chi connectivity index (χ2n) is 6.82. The Hall–Kier alpha value is -4.06. The second-order valence-corrected chi connectivity index (χ2v) is 6.82. The molecule has 0 radical (unpaired) electrons. The van der Waals surface area contributed by atoms with Gasteiger partial charge in [0, 0.05) is 23.3 Å². The number of hydrogen-bond acceptors (Lipinski definition) is 6. The molecule has 4 aromatic rings. The maximum absolute atomic E-state index is 5.37. The molecule has 1 aromatic heterocycles. The molecule has 0 aliphatic rings. The van der Waals surface area contributed by atoms with Gasteiger partial charge < -0.3 is 19.5 Å². The number of nitrogens with zero attached hydrogens (tertiary/aromatic N) is 2. The van der Waals surface area contributed by atoms with E-state index in [0.29, 0.717) is 17.4 Å². The topological polar surface area (TPSA) is 65.5 Å². The SMILES string of the molecule is C=Cc1ccc(OC)cc1-c1ccc(Nc2ncc3cc(OC)c(OC)cc3n2)cc1. The van der Waals surface area contributed by atoms with Gasteiger partial charge in [-0.15, -0.1) is 0 Å². The van der Waals surface area contributed by atoms with Gasteiger partial charge in [0.25, 0.3) is 0 Å². The number of benzene rings is 3. The lowest BCUT2D eigenvalue weighted by Crippen LogP contribution is -1.98. The summed E-state index contributed by atoms with van der Waals surface area (Å²) in [6.45, 7) is 3.91. The van der Waals surface area contributed by atoms with Crippen LogP contribution in [0, 0.1) is 0 Å². The van der Waals surface area contributed by atoms with Crippen LogP contribution in [0.15, 0.2) is 67.4 Å². The number of fused-ring (bicyclic) bond motifs is 1. The highest BCUT2D eigenvalue weighted by atomic mass is 16.5. The molecule has 6 heteroatoms. The van der Waals surface area contributed by atoms with E-state index in [9.17, 15) is 0 Å². The van der Waals surface area contributed by atoms with Crippen LogP contribution in [0.5, 0.6) is 17.2 Å². The first-order chi connectivity index (χ1) is 15.1. The van der Waals surface area contributed by atoms with Crippen LogP contribution in [0.4, 0.5) is 11.6 Å². The van der Waals surface area contributed by atoms with Crippen LogP contribution >= 0.6 is 0 Å². The van der Waals surface area contributed by atoms with Gasteiger partial charge in [-0.05, 0) is 47.0 Å². The molecule has 0 aliphatic heterocycles. The molecule has 156 valence electrons. The standard InChI is InChI=1S/C25H23N3O3/c1-5-16-8-11-20(29-2)13-21(16)17-6-9-19(10-7-17)27-25-26-15-18-12-23(30-3)24(31-4)14-22(18)28-25/h5-15H,1H2,2-4H3,(H,26,27,28). The van der Waals surface area contributed by atoms with Crippen LogP contribution in [0.1, 0.15) is 5.56 Å².